The normalized spacial score (nSPS) is 32.5. The summed E-state index contributed by atoms with van der Waals surface area (Å²) in [4.78, 5) is 2.65. The first-order valence-corrected chi connectivity index (χ1v) is 7.39. The molecule has 0 spiro atoms. The van der Waals surface area contributed by atoms with Gasteiger partial charge in [-0.05, 0) is 32.1 Å². The molecule has 1 saturated carbocycles. The van der Waals surface area contributed by atoms with Gasteiger partial charge in [-0.1, -0.05) is 25.3 Å². The smallest absolute Gasteiger partial charge is 0.0224 e. The molecule has 1 aliphatic heterocycles. The molecule has 98 valence electrons. The van der Waals surface area contributed by atoms with Crippen LogP contribution in [-0.4, -0.2) is 36.6 Å². The molecule has 1 aliphatic carbocycles. The van der Waals surface area contributed by atoms with Crippen LogP contribution in [0.4, 0.5) is 0 Å². The molecule has 0 aromatic rings. The van der Waals surface area contributed by atoms with Gasteiger partial charge >= 0.3 is 0 Å². The molecule has 0 bridgehead atoms. The summed E-state index contributed by atoms with van der Waals surface area (Å²) in [6, 6.07) is 1.44. The van der Waals surface area contributed by atoms with Crippen LogP contribution in [0.3, 0.4) is 0 Å². The van der Waals surface area contributed by atoms with Gasteiger partial charge in [0.1, 0.15) is 0 Å². The third-order valence-electron chi connectivity index (χ3n) is 4.57. The molecule has 2 fully saturated rings. The van der Waals surface area contributed by atoms with E-state index in [1.165, 1.54) is 45.2 Å². The highest BCUT2D eigenvalue weighted by atomic mass is 15.2. The molecule has 17 heavy (non-hydrogen) atoms. The van der Waals surface area contributed by atoms with Crippen molar-refractivity contribution in [2.75, 3.05) is 19.6 Å². The molecular formula is C15H28N2. The van der Waals surface area contributed by atoms with Crippen molar-refractivity contribution >= 4 is 0 Å². The molecular weight excluding hydrogens is 208 g/mol. The molecule has 1 N–H and O–H groups in total. The van der Waals surface area contributed by atoms with E-state index in [4.69, 9.17) is 0 Å². The summed E-state index contributed by atoms with van der Waals surface area (Å²) in [6.45, 7) is 9.78. The van der Waals surface area contributed by atoms with Crippen LogP contribution >= 0.6 is 0 Å². The first-order valence-electron chi connectivity index (χ1n) is 7.39. The van der Waals surface area contributed by atoms with Crippen LogP contribution in [0.1, 0.15) is 45.4 Å². The van der Waals surface area contributed by atoms with E-state index in [0.717, 1.165) is 24.9 Å². The van der Waals surface area contributed by atoms with E-state index in [0.29, 0.717) is 6.04 Å². The Hall–Kier alpha value is -0.340. The van der Waals surface area contributed by atoms with E-state index in [1.54, 1.807) is 0 Å². The third kappa shape index (κ3) is 3.56. The van der Waals surface area contributed by atoms with Crippen LogP contribution in [0.5, 0.6) is 0 Å². The number of hydrogen-bond acceptors (Lipinski definition) is 2. The Kier molecular flexibility index (Phi) is 5.05. The minimum absolute atomic E-state index is 0.690. The van der Waals surface area contributed by atoms with E-state index >= 15 is 0 Å². The zero-order chi connectivity index (χ0) is 12.1. The summed E-state index contributed by atoms with van der Waals surface area (Å²) < 4.78 is 0. The Morgan fingerprint density at radius 2 is 2.06 bits per heavy atom. The van der Waals surface area contributed by atoms with E-state index in [2.05, 4.69) is 23.7 Å². The Morgan fingerprint density at radius 1 is 1.29 bits per heavy atom. The lowest BCUT2D eigenvalue weighted by molar-refractivity contribution is 0.106. The highest BCUT2D eigenvalue weighted by Crippen LogP contribution is 2.28. The fraction of sp³-hybridized carbons (Fsp3) is 0.867. The van der Waals surface area contributed by atoms with Crippen molar-refractivity contribution in [1.29, 1.82) is 0 Å². The van der Waals surface area contributed by atoms with Crippen LogP contribution in [0, 0.1) is 5.92 Å². The first kappa shape index (κ1) is 13.1. The minimum Gasteiger partial charge on any atom is -0.311 e. The molecule has 0 radical (unpaired) electrons. The quantitative estimate of drug-likeness (QED) is 0.755. The molecule has 2 rings (SSSR count). The second-order valence-electron chi connectivity index (χ2n) is 5.83. The van der Waals surface area contributed by atoms with Crippen molar-refractivity contribution in [3.05, 3.63) is 12.7 Å². The highest BCUT2D eigenvalue weighted by Gasteiger charge is 2.30. The minimum atomic E-state index is 0.690. The number of nitrogens with zero attached hydrogens (tertiary/aromatic N) is 1. The third-order valence-corrected chi connectivity index (χ3v) is 4.57. The maximum absolute atomic E-state index is 3.84. The van der Waals surface area contributed by atoms with E-state index in [1.807, 2.05) is 6.08 Å². The lowest BCUT2D eigenvalue weighted by Gasteiger charge is -2.42. The molecule has 2 heteroatoms. The summed E-state index contributed by atoms with van der Waals surface area (Å²) in [5.74, 6) is 0.933. The Morgan fingerprint density at radius 3 is 2.76 bits per heavy atom. The van der Waals surface area contributed by atoms with Crippen molar-refractivity contribution in [3.8, 4) is 0 Å². The highest BCUT2D eigenvalue weighted by molar-refractivity contribution is 4.89. The van der Waals surface area contributed by atoms with Crippen molar-refractivity contribution in [1.82, 2.24) is 10.2 Å². The van der Waals surface area contributed by atoms with E-state index < -0.39 is 0 Å². The Balaban J connectivity index is 1.85. The molecule has 0 aromatic heterocycles. The predicted molar refractivity (Wildman–Crippen MR) is 74.2 cm³/mol. The molecule has 2 atom stereocenters. The topological polar surface area (TPSA) is 15.3 Å². The maximum Gasteiger partial charge on any atom is 0.0224 e. The Bertz CT molecular complexity index is 233. The summed E-state index contributed by atoms with van der Waals surface area (Å²) in [5, 5.41) is 3.78. The zero-order valence-corrected chi connectivity index (χ0v) is 11.3. The van der Waals surface area contributed by atoms with Gasteiger partial charge in [0.2, 0.25) is 0 Å². The SMILES string of the molecule is C=CCCN1CC(C2CCCCC2)NCC1C. The van der Waals surface area contributed by atoms with Crippen molar-refractivity contribution < 1.29 is 0 Å². The van der Waals surface area contributed by atoms with E-state index in [9.17, 15) is 0 Å². The summed E-state index contributed by atoms with van der Waals surface area (Å²) in [6.07, 6.45) is 10.4. The van der Waals surface area contributed by atoms with Crippen molar-refractivity contribution in [2.45, 2.75) is 57.5 Å². The second-order valence-corrected chi connectivity index (χ2v) is 5.83. The van der Waals surface area contributed by atoms with Gasteiger partial charge in [0.05, 0.1) is 0 Å². The van der Waals surface area contributed by atoms with Crippen molar-refractivity contribution in [3.63, 3.8) is 0 Å². The average molecular weight is 236 g/mol. The first-order chi connectivity index (χ1) is 8.31. The lowest BCUT2D eigenvalue weighted by Crippen LogP contribution is -2.58. The van der Waals surface area contributed by atoms with Gasteiger partial charge in [-0.15, -0.1) is 6.58 Å². The molecule has 2 aliphatic rings. The number of rotatable bonds is 4. The molecule has 0 aromatic carbocycles. The second kappa shape index (κ2) is 6.55. The van der Waals surface area contributed by atoms with Gasteiger partial charge in [0, 0.05) is 31.7 Å². The molecule has 2 nitrogen and oxygen atoms in total. The van der Waals surface area contributed by atoms with Gasteiger partial charge in [-0.2, -0.15) is 0 Å². The van der Waals surface area contributed by atoms with E-state index in [-0.39, 0.29) is 0 Å². The van der Waals surface area contributed by atoms with Crippen LogP contribution in [-0.2, 0) is 0 Å². The molecule has 1 saturated heterocycles. The molecule has 2 unspecified atom stereocenters. The monoisotopic (exact) mass is 236 g/mol. The number of nitrogens with one attached hydrogen (secondary N) is 1. The van der Waals surface area contributed by atoms with Crippen LogP contribution in [0.2, 0.25) is 0 Å². The van der Waals surface area contributed by atoms with Gasteiger partial charge < -0.3 is 5.32 Å². The molecule has 1 heterocycles. The maximum atomic E-state index is 3.84. The summed E-state index contributed by atoms with van der Waals surface area (Å²) >= 11 is 0. The largest absolute Gasteiger partial charge is 0.311 e. The number of hydrogen-bond donors (Lipinski definition) is 1. The predicted octanol–water partition coefficient (Wildman–Crippen LogP) is 2.81. The average Bonchev–Trinajstić information content (AvgIpc) is 2.39. The fourth-order valence-electron chi connectivity index (χ4n) is 3.37. The van der Waals surface area contributed by atoms with Gasteiger partial charge in [0.15, 0.2) is 0 Å². The summed E-state index contributed by atoms with van der Waals surface area (Å²) in [7, 11) is 0. The number of piperazine rings is 1. The van der Waals surface area contributed by atoms with Gasteiger partial charge in [0.25, 0.3) is 0 Å². The van der Waals surface area contributed by atoms with Crippen LogP contribution in [0.15, 0.2) is 12.7 Å². The lowest BCUT2D eigenvalue weighted by atomic mass is 9.82. The van der Waals surface area contributed by atoms with Crippen LogP contribution < -0.4 is 5.32 Å². The van der Waals surface area contributed by atoms with Crippen molar-refractivity contribution in [2.24, 2.45) is 5.92 Å². The summed E-state index contributed by atoms with van der Waals surface area (Å²) in [5.41, 5.74) is 0. The Labute approximate surface area is 106 Å². The van der Waals surface area contributed by atoms with Gasteiger partial charge in [-0.3, -0.25) is 4.90 Å². The molecule has 0 amide bonds. The van der Waals surface area contributed by atoms with Crippen LogP contribution in [0.25, 0.3) is 0 Å². The van der Waals surface area contributed by atoms with Gasteiger partial charge in [-0.25, -0.2) is 0 Å². The fourth-order valence-corrected chi connectivity index (χ4v) is 3.37. The standard InChI is InChI=1S/C15H28N2/c1-3-4-10-17-12-15(16-11-13(17)2)14-8-6-5-7-9-14/h3,13-16H,1,4-12H2,2H3. The zero-order valence-electron chi connectivity index (χ0n) is 11.3.